The second kappa shape index (κ2) is 3.81. The third-order valence-corrected chi connectivity index (χ3v) is 3.63. The highest BCUT2D eigenvalue weighted by molar-refractivity contribution is 7.81. The van der Waals surface area contributed by atoms with Gasteiger partial charge in [-0.15, -0.1) is 0 Å². The number of carbonyl (C=O) groups is 2. The maximum Gasteiger partial charge on any atom is 0.330 e. The number of thiol groups is 1. The molecule has 0 aromatic heterocycles. The van der Waals surface area contributed by atoms with Gasteiger partial charge in [-0.25, -0.2) is 4.79 Å². The molecule has 1 heterocycles. The third kappa shape index (κ3) is 1.49. The predicted octanol–water partition coefficient (Wildman–Crippen LogP) is 0.770. The van der Waals surface area contributed by atoms with E-state index in [4.69, 9.17) is 5.11 Å². The van der Waals surface area contributed by atoms with Gasteiger partial charge < -0.3 is 10.0 Å². The summed E-state index contributed by atoms with van der Waals surface area (Å²) < 4.78 is 0. The van der Waals surface area contributed by atoms with Crippen LogP contribution in [0.5, 0.6) is 0 Å². The number of amides is 1. The van der Waals surface area contributed by atoms with Gasteiger partial charge in [0, 0.05) is 18.2 Å². The lowest BCUT2D eigenvalue weighted by atomic mass is 9.98. The monoisotopic (exact) mass is 217 g/mol. The molecule has 0 aliphatic carbocycles. The van der Waals surface area contributed by atoms with Crippen molar-refractivity contribution in [2.24, 2.45) is 0 Å². The molecule has 0 spiro atoms. The van der Waals surface area contributed by atoms with Crippen LogP contribution in [0.3, 0.4) is 0 Å². The van der Waals surface area contributed by atoms with Crippen molar-refractivity contribution in [3.8, 4) is 0 Å². The third-order valence-electron chi connectivity index (χ3n) is 2.87. The first-order valence-corrected chi connectivity index (χ1v) is 5.18. The van der Waals surface area contributed by atoms with E-state index in [0.717, 1.165) is 0 Å². The summed E-state index contributed by atoms with van der Waals surface area (Å²) in [6.07, 6.45) is 0.973. The van der Waals surface area contributed by atoms with Crippen molar-refractivity contribution in [2.45, 2.75) is 37.5 Å². The van der Waals surface area contributed by atoms with Crippen LogP contribution in [0.2, 0.25) is 0 Å². The SMILES string of the molecule is CCC(=O)N1CCC(S)[C@]1(C)C(=O)O. The molecular formula is C9H15NO3S. The number of rotatable bonds is 2. The fourth-order valence-electron chi connectivity index (χ4n) is 1.78. The molecule has 0 aromatic carbocycles. The van der Waals surface area contributed by atoms with Crippen LogP contribution < -0.4 is 0 Å². The summed E-state index contributed by atoms with van der Waals surface area (Å²) in [7, 11) is 0. The quantitative estimate of drug-likeness (QED) is 0.672. The van der Waals surface area contributed by atoms with E-state index in [9.17, 15) is 9.59 Å². The summed E-state index contributed by atoms with van der Waals surface area (Å²) in [4.78, 5) is 24.1. The summed E-state index contributed by atoms with van der Waals surface area (Å²) >= 11 is 4.23. The van der Waals surface area contributed by atoms with Crippen LogP contribution in [0.25, 0.3) is 0 Å². The molecule has 80 valence electrons. The molecule has 1 fully saturated rings. The van der Waals surface area contributed by atoms with Gasteiger partial charge in [0.2, 0.25) is 5.91 Å². The first kappa shape index (κ1) is 11.4. The molecular weight excluding hydrogens is 202 g/mol. The van der Waals surface area contributed by atoms with Crippen LogP contribution in [0.15, 0.2) is 0 Å². The zero-order chi connectivity index (χ0) is 10.9. The van der Waals surface area contributed by atoms with Gasteiger partial charge in [-0.1, -0.05) is 6.92 Å². The zero-order valence-electron chi connectivity index (χ0n) is 8.36. The van der Waals surface area contributed by atoms with Crippen LogP contribution in [0.4, 0.5) is 0 Å². The predicted molar refractivity (Wildman–Crippen MR) is 55.4 cm³/mol. The van der Waals surface area contributed by atoms with E-state index >= 15 is 0 Å². The fourth-order valence-corrected chi connectivity index (χ4v) is 2.14. The zero-order valence-corrected chi connectivity index (χ0v) is 9.25. The Morgan fingerprint density at radius 2 is 2.21 bits per heavy atom. The topological polar surface area (TPSA) is 57.6 Å². The first-order chi connectivity index (χ1) is 6.44. The molecule has 0 radical (unpaired) electrons. The van der Waals surface area contributed by atoms with Crippen molar-refractivity contribution < 1.29 is 14.7 Å². The molecule has 5 heteroatoms. The molecule has 1 saturated heterocycles. The maximum atomic E-state index is 11.5. The minimum atomic E-state index is -1.14. The van der Waals surface area contributed by atoms with Crippen LogP contribution in [-0.2, 0) is 9.59 Å². The van der Waals surface area contributed by atoms with Gasteiger partial charge in [-0.3, -0.25) is 4.79 Å². The summed E-state index contributed by atoms with van der Waals surface area (Å²) in [5.74, 6) is -1.09. The van der Waals surface area contributed by atoms with Crippen molar-refractivity contribution in [3.63, 3.8) is 0 Å². The number of hydrogen-bond donors (Lipinski definition) is 2. The van der Waals surface area contributed by atoms with E-state index in [1.54, 1.807) is 13.8 Å². The molecule has 14 heavy (non-hydrogen) atoms. The van der Waals surface area contributed by atoms with Gasteiger partial charge in [-0.2, -0.15) is 12.6 Å². The highest BCUT2D eigenvalue weighted by Gasteiger charge is 2.51. The van der Waals surface area contributed by atoms with Gasteiger partial charge in [0.05, 0.1) is 0 Å². The van der Waals surface area contributed by atoms with Gasteiger partial charge in [0.25, 0.3) is 0 Å². The van der Waals surface area contributed by atoms with E-state index in [1.807, 2.05) is 0 Å². The molecule has 0 saturated carbocycles. The highest BCUT2D eigenvalue weighted by atomic mass is 32.1. The summed E-state index contributed by atoms with van der Waals surface area (Å²) in [5, 5.41) is 8.83. The molecule has 1 rings (SSSR count). The Morgan fingerprint density at radius 3 is 2.64 bits per heavy atom. The summed E-state index contributed by atoms with van der Waals surface area (Å²) in [6, 6.07) is 0. The van der Waals surface area contributed by atoms with Crippen molar-refractivity contribution in [3.05, 3.63) is 0 Å². The molecule has 1 aliphatic rings. The normalized spacial score (nSPS) is 31.9. The van der Waals surface area contributed by atoms with Crippen LogP contribution >= 0.6 is 12.6 Å². The van der Waals surface area contributed by atoms with E-state index in [0.29, 0.717) is 19.4 Å². The van der Waals surface area contributed by atoms with Gasteiger partial charge in [0.1, 0.15) is 5.54 Å². The Kier molecular flexibility index (Phi) is 3.09. The van der Waals surface area contributed by atoms with Crippen molar-refractivity contribution in [2.75, 3.05) is 6.54 Å². The average molecular weight is 217 g/mol. The van der Waals surface area contributed by atoms with Crippen molar-refractivity contribution in [1.29, 1.82) is 0 Å². The smallest absolute Gasteiger partial charge is 0.330 e. The minimum absolute atomic E-state index is 0.119. The lowest BCUT2D eigenvalue weighted by Gasteiger charge is -2.33. The number of likely N-dealkylation sites (tertiary alicyclic amines) is 1. The van der Waals surface area contributed by atoms with E-state index in [1.165, 1.54) is 4.90 Å². The van der Waals surface area contributed by atoms with Crippen molar-refractivity contribution in [1.82, 2.24) is 4.90 Å². The summed E-state index contributed by atoms with van der Waals surface area (Å²) in [6.45, 7) is 3.79. The number of carbonyl (C=O) groups excluding carboxylic acids is 1. The molecule has 0 aromatic rings. The Hall–Kier alpha value is -0.710. The first-order valence-electron chi connectivity index (χ1n) is 4.66. The Labute approximate surface area is 88.7 Å². The molecule has 4 nitrogen and oxygen atoms in total. The Bertz CT molecular complexity index is 269. The lowest BCUT2D eigenvalue weighted by Crippen LogP contribution is -2.54. The highest BCUT2D eigenvalue weighted by Crippen LogP contribution is 2.33. The Balaban J connectivity index is 2.98. The lowest BCUT2D eigenvalue weighted by molar-refractivity contribution is -0.154. The number of hydrogen-bond acceptors (Lipinski definition) is 3. The van der Waals surface area contributed by atoms with Crippen LogP contribution in [0.1, 0.15) is 26.7 Å². The minimum Gasteiger partial charge on any atom is -0.479 e. The number of aliphatic carboxylic acids is 1. The summed E-state index contributed by atoms with van der Waals surface area (Å²) in [5.41, 5.74) is -1.14. The largest absolute Gasteiger partial charge is 0.479 e. The molecule has 2 atom stereocenters. The fraction of sp³-hybridized carbons (Fsp3) is 0.778. The van der Waals surface area contributed by atoms with Crippen molar-refractivity contribution >= 4 is 24.5 Å². The standard InChI is InChI=1S/C9H15NO3S/c1-3-7(11)10-5-4-6(14)9(10,2)8(12)13/h6,14H,3-5H2,1-2H3,(H,12,13)/t6?,9-/m1/s1. The molecule has 1 amide bonds. The van der Waals surface area contributed by atoms with Crippen LogP contribution in [0, 0.1) is 0 Å². The molecule has 0 bridgehead atoms. The van der Waals surface area contributed by atoms with E-state index in [2.05, 4.69) is 12.6 Å². The van der Waals surface area contributed by atoms with E-state index in [-0.39, 0.29) is 11.2 Å². The van der Waals surface area contributed by atoms with Crippen LogP contribution in [-0.4, -0.2) is 39.2 Å². The molecule has 1 unspecified atom stereocenters. The number of carboxylic acid groups (broad SMARTS) is 1. The van der Waals surface area contributed by atoms with Gasteiger partial charge in [0.15, 0.2) is 0 Å². The number of carboxylic acids is 1. The second-order valence-corrected chi connectivity index (χ2v) is 4.28. The van der Waals surface area contributed by atoms with Gasteiger partial charge >= 0.3 is 5.97 Å². The second-order valence-electron chi connectivity index (χ2n) is 3.66. The van der Waals surface area contributed by atoms with E-state index < -0.39 is 11.5 Å². The molecule has 1 N–H and O–H groups in total. The molecule has 1 aliphatic heterocycles. The Morgan fingerprint density at radius 1 is 1.64 bits per heavy atom. The maximum absolute atomic E-state index is 11.5. The number of nitrogens with zero attached hydrogens (tertiary/aromatic N) is 1. The average Bonchev–Trinajstić information content (AvgIpc) is 2.44. The van der Waals surface area contributed by atoms with Gasteiger partial charge in [-0.05, 0) is 13.3 Å².